The molecular formula is C15H17ClN4O3. The minimum Gasteiger partial charge on any atom is -0.445 e. The van der Waals surface area contributed by atoms with Crippen LogP contribution in [0.4, 0.5) is 5.82 Å². The van der Waals surface area contributed by atoms with Gasteiger partial charge in [0.25, 0.3) is 5.91 Å². The van der Waals surface area contributed by atoms with Crippen LogP contribution < -0.4 is 10.2 Å². The summed E-state index contributed by atoms with van der Waals surface area (Å²) < 4.78 is 11.2. The molecule has 1 aliphatic carbocycles. The van der Waals surface area contributed by atoms with Crippen LogP contribution in [-0.2, 0) is 4.74 Å². The Hall–Kier alpha value is -1.86. The van der Waals surface area contributed by atoms with E-state index in [4.69, 9.17) is 20.8 Å². The van der Waals surface area contributed by atoms with Gasteiger partial charge in [-0.1, -0.05) is 0 Å². The van der Waals surface area contributed by atoms with Crippen LogP contribution in [-0.4, -0.2) is 48.2 Å². The zero-order chi connectivity index (χ0) is 16.0. The number of fused-ring (bicyclic) bond motifs is 1. The van der Waals surface area contributed by atoms with Crippen molar-refractivity contribution in [2.45, 2.75) is 25.8 Å². The average Bonchev–Trinajstić information content (AvgIpc) is 3.31. The Balaban J connectivity index is 1.78. The van der Waals surface area contributed by atoms with Crippen molar-refractivity contribution in [3.05, 3.63) is 16.6 Å². The number of amides is 1. The van der Waals surface area contributed by atoms with Crippen molar-refractivity contribution in [1.29, 1.82) is 0 Å². The normalized spacial score (nSPS) is 18.4. The van der Waals surface area contributed by atoms with E-state index in [2.05, 4.69) is 15.3 Å². The van der Waals surface area contributed by atoms with Crippen LogP contribution in [0.2, 0.25) is 5.28 Å². The number of ether oxygens (including phenoxy) is 1. The second-order valence-electron chi connectivity index (χ2n) is 5.90. The lowest BCUT2D eigenvalue weighted by molar-refractivity contribution is 0.0924. The lowest BCUT2D eigenvalue weighted by atomic mass is 10.2. The first-order valence-electron chi connectivity index (χ1n) is 7.73. The number of carbonyl (C=O) groups is 1. The topological polar surface area (TPSA) is 80.5 Å². The molecule has 0 aromatic carbocycles. The molecule has 23 heavy (non-hydrogen) atoms. The average molecular weight is 337 g/mol. The summed E-state index contributed by atoms with van der Waals surface area (Å²) in [4.78, 5) is 22.9. The Morgan fingerprint density at radius 3 is 2.74 bits per heavy atom. The number of morpholine rings is 1. The highest BCUT2D eigenvalue weighted by atomic mass is 35.5. The molecule has 0 spiro atoms. The van der Waals surface area contributed by atoms with E-state index in [1.54, 1.807) is 0 Å². The summed E-state index contributed by atoms with van der Waals surface area (Å²) >= 11 is 6.08. The van der Waals surface area contributed by atoms with E-state index in [0.29, 0.717) is 48.8 Å². The van der Waals surface area contributed by atoms with Crippen LogP contribution in [0.1, 0.15) is 29.0 Å². The summed E-state index contributed by atoms with van der Waals surface area (Å²) in [7, 11) is 0. The second-order valence-corrected chi connectivity index (χ2v) is 6.24. The van der Waals surface area contributed by atoms with E-state index in [9.17, 15) is 4.79 Å². The van der Waals surface area contributed by atoms with Crippen molar-refractivity contribution in [2.24, 2.45) is 0 Å². The molecular weight excluding hydrogens is 320 g/mol. The van der Waals surface area contributed by atoms with Crippen LogP contribution in [0.15, 0.2) is 4.42 Å². The molecule has 1 saturated heterocycles. The minimum atomic E-state index is -0.202. The summed E-state index contributed by atoms with van der Waals surface area (Å²) in [6.45, 7) is 4.47. The molecule has 4 rings (SSSR count). The number of aryl methyl sites for hydroxylation is 1. The van der Waals surface area contributed by atoms with Crippen LogP contribution in [0.3, 0.4) is 0 Å². The number of carbonyl (C=O) groups excluding carboxylic acids is 1. The van der Waals surface area contributed by atoms with Gasteiger partial charge in [-0.15, -0.1) is 0 Å². The molecule has 1 saturated carbocycles. The van der Waals surface area contributed by atoms with Gasteiger partial charge in [-0.2, -0.15) is 4.98 Å². The van der Waals surface area contributed by atoms with Gasteiger partial charge in [-0.3, -0.25) is 4.79 Å². The molecule has 0 atom stereocenters. The third-order valence-electron chi connectivity index (χ3n) is 4.15. The van der Waals surface area contributed by atoms with Crippen molar-refractivity contribution in [3.8, 4) is 0 Å². The van der Waals surface area contributed by atoms with Gasteiger partial charge in [0.2, 0.25) is 5.28 Å². The highest BCUT2D eigenvalue weighted by Gasteiger charge is 2.29. The molecule has 7 nitrogen and oxygen atoms in total. The molecule has 2 fully saturated rings. The van der Waals surface area contributed by atoms with Crippen molar-refractivity contribution in [3.63, 3.8) is 0 Å². The first kappa shape index (κ1) is 14.7. The Labute approximate surface area is 138 Å². The molecule has 0 radical (unpaired) electrons. The van der Waals surface area contributed by atoms with Gasteiger partial charge in [0.1, 0.15) is 5.52 Å². The summed E-state index contributed by atoms with van der Waals surface area (Å²) in [6.07, 6.45) is 2.05. The van der Waals surface area contributed by atoms with Crippen molar-refractivity contribution < 1.29 is 13.9 Å². The summed E-state index contributed by atoms with van der Waals surface area (Å²) in [5.74, 6) is 0.710. The summed E-state index contributed by atoms with van der Waals surface area (Å²) in [6, 6.07) is 0.267. The number of rotatable bonds is 3. The van der Waals surface area contributed by atoms with Crippen LogP contribution in [0, 0.1) is 6.92 Å². The standard InChI is InChI=1S/C15H17ClN4O3/c1-8-10-12(23-11(8)14(21)17-9-2-3-9)13(19-15(16)18-10)20-4-6-22-7-5-20/h9H,2-7H2,1H3,(H,17,21). The van der Waals surface area contributed by atoms with Gasteiger partial charge >= 0.3 is 0 Å². The zero-order valence-electron chi connectivity index (χ0n) is 12.8. The fourth-order valence-electron chi connectivity index (χ4n) is 2.73. The number of hydrogen-bond donors (Lipinski definition) is 1. The molecule has 2 aliphatic rings. The van der Waals surface area contributed by atoms with Crippen LogP contribution >= 0.6 is 11.6 Å². The number of halogens is 1. The number of hydrogen-bond acceptors (Lipinski definition) is 6. The van der Waals surface area contributed by atoms with E-state index >= 15 is 0 Å². The van der Waals surface area contributed by atoms with Gasteiger partial charge in [-0.25, -0.2) is 4.98 Å². The second kappa shape index (κ2) is 5.65. The van der Waals surface area contributed by atoms with Gasteiger partial charge < -0.3 is 19.4 Å². The quantitative estimate of drug-likeness (QED) is 0.862. The summed E-state index contributed by atoms with van der Waals surface area (Å²) in [5, 5.41) is 3.09. The van der Waals surface area contributed by atoms with Crippen molar-refractivity contribution in [2.75, 3.05) is 31.2 Å². The third kappa shape index (κ3) is 2.74. The van der Waals surface area contributed by atoms with E-state index < -0.39 is 0 Å². The van der Waals surface area contributed by atoms with E-state index in [1.807, 2.05) is 11.8 Å². The van der Waals surface area contributed by atoms with Gasteiger partial charge in [0.15, 0.2) is 17.2 Å². The predicted octanol–water partition coefficient (Wildman–Crippen LogP) is 1.91. The lowest BCUT2D eigenvalue weighted by Gasteiger charge is -2.27. The summed E-state index contributed by atoms with van der Waals surface area (Å²) in [5.41, 5.74) is 1.79. The maximum atomic E-state index is 12.3. The van der Waals surface area contributed by atoms with Crippen LogP contribution in [0.25, 0.3) is 11.1 Å². The highest BCUT2D eigenvalue weighted by molar-refractivity contribution is 6.28. The Bertz CT molecular complexity index is 766. The Kier molecular flexibility index (Phi) is 3.61. The third-order valence-corrected chi connectivity index (χ3v) is 4.32. The maximum absolute atomic E-state index is 12.3. The predicted molar refractivity (Wildman–Crippen MR) is 85.1 cm³/mol. The molecule has 0 bridgehead atoms. The number of anilines is 1. The van der Waals surface area contributed by atoms with Crippen molar-refractivity contribution in [1.82, 2.24) is 15.3 Å². The van der Waals surface area contributed by atoms with E-state index in [1.165, 1.54) is 0 Å². The Morgan fingerprint density at radius 1 is 1.30 bits per heavy atom. The number of furan rings is 1. The highest BCUT2D eigenvalue weighted by Crippen LogP contribution is 2.32. The number of aromatic nitrogens is 2. The molecule has 0 unspecified atom stereocenters. The molecule has 3 heterocycles. The fourth-order valence-corrected chi connectivity index (χ4v) is 2.90. The molecule has 8 heteroatoms. The van der Waals surface area contributed by atoms with E-state index in [0.717, 1.165) is 12.8 Å². The van der Waals surface area contributed by atoms with E-state index in [-0.39, 0.29) is 23.0 Å². The first-order valence-corrected chi connectivity index (χ1v) is 8.11. The van der Waals surface area contributed by atoms with Gasteiger partial charge in [0, 0.05) is 24.7 Å². The first-order chi connectivity index (χ1) is 11.1. The molecule has 1 aliphatic heterocycles. The van der Waals surface area contributed by atoms with Crippen molar-refractivity contribution >= 4 is 34.4 Å². The molecule has 1 amide bonds. The van der Waals surface area contributed by atoms with Crippen LogP contribution in [0.5, 0.6) is 0 Å². The lowest BCUT2D eigenvalue weighted by Crippen LogP contribution is -2.36. The van der Waals surface area contributed by atoms with Gasteiger partial charge in [-0.05, 0) is 31.4 Å². The fraction of sp³-hybridized carbons (Fsp3) is 0.533. The minimum absolute atomic E-state index is 0.150. The molecule has 2 aromatic heterocycles. The number of nitrogens with zero attached hydrogens (tertiary/aromatic N) is 3. The molecule has 2 aromatic rings. The smallest absolute Gasteiger partial charge is 0.287 e. The molecule has 1 N–H and O–H groups in total. The van der Waals surface area contributed by atoms with Gasteiger partial charge in [0.05, 0.1) is 13.2 Å². The monoisotopic (exact) mass is 336 g/mol. The Morgan fingerprint density at radius 2 is 2.04 bits per heavy atom. The zero-order valence-corrected chi connectivity index (χ0v) is 13.5. The largest absolute Gasteiger partial charge is 0.445 e. The maximum Gasteiger partial charge on any atom is 0.287 e. The molecule has 122 valence electrons. The number of nitrogens with one attached hydrogen (secondary N) is 1. The SMILES string of the molecule is Cc1c(C(=O)NC2CC2)oc2c(N3CCOCC3)nc(Cl)nc12.